The van der Waals surface area contributed by atoms with Crippen LogP contribution >= 0.6 is 31.9 Å². The molecule has 1 fully saturated rings. The van der Waals surface area contributed by atoms with E-state index in [1.807, 2.05) is 0 Å². The first-order chi connectivity index (χ1) is 11.2. The van der Waals surface area contributed by atoms with Crippen molar-refractivity contribution in [2.75, 3.05) is 12.3 Å². The van der Waals surface area contributed by atoms with Crippen LogP contribution in [-0.4, -0.2) is 45.1 Å². The summed E-state index contributed by atoms with van der Waals surface area (Å²) in [5.41, 5.74) is 4.95. The van der Waals surface area contributed by atoms with Crippen LogP contribution in [0.2, 0.25) is 0 Å². The molecule has 0 aliphatic carbocycles. The van der Waals surface area contributed by atoms with Crippen LogP contribution in [0.25, 0.3) is 0 Å². The van der Waals surface area contributed by atoms with Gasteiger partial charge in [0.05, 0.1) is 9.30 Å². The Labute approximate surface area is 153 Å². The van der Waals surface area contributed by atoms with E-state index >= 15 is 0 Å². The molecule has 9 nitrogen and oxygen atoms in total. The average molecular weight is 469 g/mol. The second kappa shape index (κ2) is 7.62. The summed E-state index contributed by atoms with van der Waals surface area (Å²) >= 11 is 6.58. The van der Waals surface area contributed by atoms with Gasteiger partial charge in [-0.2, -0.15) is 4.98 Å². The fraction of sp³-hybridized carbons (Fsp3) is 0.538. The highest BCUT2D eigenvalue weighted by molar-refractivity contribution is 9.10. The first kappa shape index (κ1) is 18.9. The van der Waals surface area contributed by atoms with Gasteiger partial charge in [0.25, 0.3) is 0 Å². The summed E-state index contributed by atoms with van der Waals surface area (Å²) in [5, 5.41) is 0. The van der Waals surface area contributed by atoms with Crippen molar-refractivity contribution < 1.29 is 23.8 Å². The van der Waals surface area contributed by atoms with E-state index in [4.69, 9.17) is 19.9 Å². The Balaban J connectivity index is 2.31. The lowest BCUT2D eigenvalue weighted by Gasteiger charge is -2.19. The lowest BCUT2D eigenvalue weighted by atomic mass is 10.2. The van der Waals surface area contributed by atoms with Crippen molar-refractivity contribution in [1.82, 2.24) is 9.55 Å². The van der Waals surface area contributed by atoms with Gasteiger partial charge in [0.15, 0.2) is 6.23 Å². The van der Waals surface area contributed by atoms with E-state index in [1.54, 1.807) is 0 Å². The number of aromatic nitrogens is 2. The zero-order valence-corrected chi connectivity index (χ0v) is 15.9. The number of hydrogen-bond donors (Lipinski definition) is 1. The molecule has 1 aromatic rings. The van der Waals surface area contributed by atoms with Gasteiger partial charge in [0.2, 0.25) is 0 Å². The van der Waals surface area contributed by atoms with E-state index in [0.29, 0.717) is 4.47 Å². The van der Waals surface area contributed by atoms with E-state index in [9.17, 15) is 14.4 Å². The molecule has 2 heterocycles. The van der Waals surface area contributed by atoms with Gasteiger partial charge in [-0.05, 0) is 15.9 Å². The van der Waals surface area contributed by atoms with Crippen molar-refractivity contribution >= 4 is 49.6 Å². The van der Waals surface area contributed by atoms with Crippen molar-refractivity contribution in [2.24, 2.45) is 0 Å². The fourth-order valence-electron chi connectivity index (χ4n) is 2.22. The number of nitrogens with two attached hydrogens (primary N) is 1. The normalized spacial score (nSPS) is 26.2. The highest BCUT2D eigenvalue weighted by atomic mass is 79.9. The van der Waals surface area contributed by atoms with Gasteiger partial charge < -0.3 is 19.9 Å². The van der Waals surface area contributed by atoms with Gasteiger partial charge in [0.1, 0.15) is 24.6 Å². The summed E-state index contributed by atoms with van der Waals surface area (Å²) in [6.07, 6.45) is -0.889. The number of anilines is 1. The van der Waals surface area contributed by atoms with Gasteiger partial charge in [-0.1, -0.05) is 15.9 Å². The molecule has 0 saturated carbocycles. The third-order valence-corrected chi connectivity index (χ3v) is 4.81. The summed E-state index contributed by atoms with van der Waals surface area (Å²) in [6, 6.07) is 0. The van der Waals surface area contributed by atoms with Crippen LogP contribution in [0.5, 0.6) is 0 Å². The van der Waals surface area contributed by atoms with Crippen LogP contribution in [0.3, 0.4) is 0 Å². The summed E-state index contributed by atoms with van der Waals surface area (Å²) in [5.74, 6) is -0.970. The monoisotopic (exact) mass is 467 g/mol. The second-order valence-corrected chi connectivity index (χ2v) is 6.96. The van der Waals surface area contributed by atoms with Gasteiger partial charge in [-0.3, -0.25) is 14.2 Å². The smallest absolute Gasteiger partial charge is 0.351 e. The molecule has 4 atom stereocenters. The van der Waals surface area contributed by atoms with Crippen LogP contribution in [0.4, 0.5) is 5.82 Å². The molecule has 0 bridgehead atoms. The van der Waals surface area contributed by atoms with Gasteiger partial charge in [0, 0.05) is 20.0 Å². The van der Waals surface area contributed by atoms with Crippen LogP contribution in [0.15, 0.2) is 15.5 Å². The molecule has 24 heavy (non-hydrogen) atoms. The molecule has 1 aliphatic heterocycles. The molecule has 132 valence electrons. The molecule has 2 N–H and O–H groups in total. The molecule has 1 aliphatic rings. The van der Waals surface area contributed by atoms with Crippen LogP contribution in [0.1, 0.15) is 20.1 Å². The number of hydrogen-bond acceptors (Lipinski definition) is 8. The number of rotatable bonds is 4. The van der Waals surface area contributed by atoms with Crippen molar-refractivity contribution in [3.8, 4) is 0 Å². The molecule has 0 aromatic carbocycles. The van der Waals surface area contributed by atoms with E-state index in [0.717, 1.165) is 0 Å². The number of esters is 2. The number of carbonyl (C=O) groups excluding carboxylic acids is 2. The Morgan fingerprint density at radius 3 is 2.67 bits per heavy atom. The second-order valence-electron chi connectivity index (χ2n) is 5.05. The van der Waals surface area contributed by atoms with Crippen molar-refractivity contribution in [1.29, 1.82) is 0 Å². The molecule has 1 aromatic heterocycles. The minimum atomic E-state index is -0.827. The maximum Gasteiger partial charge on any atom is 0.351 e. The molecule has 0 spiro atoms. The SMILES string of the molecule is CC(=O)OC[C@H]1O[C@@H](n2cc(Br)c(N)nc2=O)[C@H](Br)[C@@H]1OC(C)=O. The van der Waals surface area contributed by atoms with Crippen LogP contribution in [-0.2, 0) is 23.8 Å². The standard InChI is InChI=1S/C13H15Br2N3O6/c1-5(19)22-4-8-10(23-6(2)20)9(15)12(24-8)18-3-7(14)11(16)17-13(18)21/h3,8-10,12H,4H2,1-2H3,(H2,16,17,21)/t8-,9-,10-,12-/m1/s1. The summed E-state index contributed by atoms with van der Waals surface area (Å²) < 4.78 is 17.6. The first-order valence-electron chi connectivity index (χ1n) is 6.85. The third-order valence-electron chi connectivity index (χ3n) is 3.23. The highest BCUT2D eigenvalue weighted by Crippen LogP contribution is 2.36. The number of halogens is 2. The van der Waals surface area contributed by atoms with Crippen molar-refractivity contribution in [3.63, 3.8) is 0 Å². The summed E-state index contributed by atoms with van der Waals surface area (Å²) in [7, 11) is 0. The molecule has 1 saturated heterocycles. The van der Waals surface area contributed by atoms with Crippen molar-refractivity contribution in [3.05, 3.63) is 21.2 Å². The Hall–Kier alpha value is -1.46. The Morgan fingerprint density at radius 1 is 1.42 bits per heavy atom. The fourth-order valence-corrected chi connectivity index (χ4v) is 3.36. The molecule has 11 heteroatoms. The van der Waals surface area contributed by atoms with Crippen LogP contribution < -0.4 is 11.4 Å². The lowest BCUT2D eigenvalue weighted by Crippen LogP contribution is -2.36. The largest absolute Gasteiger partial charge is 0.463 e. The number of ether oxygens (including phenoxy) is 3. The van der Waals surface area contributed by atoms with E-state index in [2.05, 4.69) is 36.8 Å². The third kappa shape index (κ3) is 4.14. The summed E-state index contributed by atoms with van der Waals surface area (Å²) in [6.45, 7) is 2.39. The zero-order valence-electron chi connectivity index (χ0n) is 12.8. The van der Waals surface area contributed by atoms with E-state index in [-0.39, 0.29) is 12.4 Å². The van der Waals surface area contributed by atoms with Gasteiger partial charge in [-0.15, -0.1) is 0 Å². The van der Waals surface area contributed by atoms with Gasteiger partial charge >= 0.3 is 17.6 Å². The Kier molecular flexibility index (Phi) is 5.99. The zero-order chi connectivity index (χ0) is 18.0. The summed E-state index contributed by atoms with van der Waals surface area (Å²) in [4.78, 5) is 37.5. The maximum atomic E-state index is 12.1. The first-order valence-corrected chi connectivity index (χ1v) is 8.56. The molecule has 0 amide bonds. The minimum Gasteiger partial charge on any atom is -0.463 e. The molecule has 0 radical (unpaired) electrons. The quantitative estimate of drug-likeness (QED) is 0.507. The van der Waals surface area contributed by atoms with Crippen LogP contribution in [0, 0.1) is 0 Å². The number of alkyl halides is 1. The lowest BCUT2D eigenvalue weighted by molar-refractivity contribution is -0.155. The number of nitrogen functional groups attached to an aromatic ring is 1. The Morgan fingerprint density at radius 2 is 2.08 bits per heavy atom. The topological polar surface area (TPSA) is 123 Å². The van der Waals surface area contributed by atoms with Crippen molar-refractivity contribution in [2.45, 2.75) is 37.1 Å². The maximum absolute atomic E-state index is 12.1. The highest BCUT2D eigenvalue weighted by Gasteiger charge is 2.47. The predicted octanol–water partition coefficient (Wildman–Crippen LogP) is 0.744. The van der Waals surface area contributed by atoms with E-state index < -0.39 is 40.9 Å². The molecule has 0 unspecified atom stereocenters. The van der Waals surface area contributed by atoms with E-state index in [1.165, 1.54) is 24.6 Å². The minimum absolute atomic E-state index is 0.0494. The predicted molar refractivity (Wildman–Crippen MR) is 89.4 cm³/mol. The molecular weight excluding hydrogens is 454 g/mol. The number of carbonyl (C=O) groups is 2. The Bertz CT molecular complexity index is 709. The number of nitrogens with zero attached hydrogens (tertiary/aromatic N) is 2. The molecule has 2 rings (SSSR count). The van der Waals surface area contributed by atoms with Gasteiger partial charge in [-0.25, -0.2) is 4.79 Å². The average Bonchev–Trinajstić information content (AvgIpc) is 2.77. The molecular formula is C13H15Br2N3O6.